The van der Waals surface area contributed by atoms with Crippen LogP contribution in [0.4, 0.5) is 0 Å². The Labute approximate surface area is 132 Å². The number of hydrogen-bond acceptors (Lipinski definition) is 3. The summed E-state index contributed by atoms with van der Waals surface area (Å²) in [5, 5.41) is 9.60. The van der Waals surface area contributed by atoms with Crippen molar-refractivity contribution >= 4 is 16.0 Å². The monoisotopic (exact) mass is 326 g/mol. The first-order valence-electron chi connectivity index (χ1n) is 7.85. The molecule has 0 aliphatic carbocycles. The first-order valence-corrected chi connectivity index (χ1v) is 9.29. The maximum Gasteiger partial charge on any atom is 0.363 e. The second kappa shape index (κ2) is 6.79. The number of quaternary nitrogens is 1. The van der Waals surface area contributed by atoms with Crippen LogP contribution in [0.5, 0.6) is 0 Å². The maximum atomic E-state index is 13.2. The highest BCUT2D eigenvalue weighted by Gasteiger charge is 2.53. The van der Waals surface area contributed by atoms with Crippen molar-refractivity contribution in [1.82, 2.24) is 0 Å². The first-order chi connectivity index (χ1) is 10.5. The molecular formula is C16H24NO4S+. The van der Waals surface area contributed by atoms with E-state index in [-0.39, 0.29) is 8.78 Å². The quantitative estimate of drug-likeness (QED) is 0.816. The third-order valence-corrected chi connectivity index (χ3v) is 6.97. The molecule has 5 nitrogen and oxygen atoms in total. The van der Waals surface area contributed by atoms with Crippen molar-refractivity contribution in [3.63, 3.8) is 0 Å². The van der Waals surface area contributed by atoms with E-state index in [9.17, 15) is 18.3 Å². The summed E-state index contributed by atoms with van der Waals surface area (Å²) >= 11 is 0. The largest absolute Gasteiger partial charge is 0.477 e. The molecule has 6 heteroatoms. The summed E-state index contributed by atoms with van der Waals surface area (Å²) in [6, 6.07) is 7.39. The van der Waals surface area contributed by atoms with Gasteiger partial charge in [-0.25, -0.2) is 8.68 Å². The average molecular weight is 326 g/mol. The van der Waals surface area contributed by atoms with Crippen LogP contribution in [0, 0.1) is 0 Å². The highest BCUT2D eigenvalue weighted by Crippen LogP contribution is 2.35. The van der Waals surface area contributed by atoms with Crippen LogP contribution in [0.1, 0.15) is 39.0 Å². The van der Waals surface area contributed by atoms with Crippen LogP contribution in [0.2, 0.25) is 0 Å². The molecule has 1 fully saturated rings. The van der Waals surface area contributed by atoms with Crippen molar-refractivity contribution in [2.24, 2.45) is 0 Å². The molecule has 1 N–H and O–H groups in total. The zero-order chi connectivity index (χ0) is 16.2. The Balaban J connectivity index is 2.55. The van der Waals surface area contributed by atoms with Gasteiger partial charge in [0.05, 0.1) is 13.1 Å². The lowest BCUT2D eigenvalue weighted by atomic mass is 10.0. The standard InChI is InChI=1S/C16H23NO4S/c1-2-3-12-17(13-8-7-11-15(17)16(18)19)22(20,21)14-9-5-4-6-10-14/h4-6,9-10,15H,2-3,7-8,11-13H2,1H3/p+1. The molecule has 1 aliphatic heterocycles. The Kier molecular flexibility index (Phi) is 5.24. The van der Waals surface area contributed by atoms with Crippen LogP contribution in [-0.4, -0.2) is 42.5 Å². The molecule has 2 unspecified atom stereocenters. The van der Waals surface area contributed by atoms with E-state index in [2.05, 4.69) is 0 Å². The van der Waals surface area contributed by atoms with Gasteiger partial charge in [-0.05, 0) is 31.4 Å². The van der Waals surface area contributed by atoms with Gasteiger partial charge in [-0.2, -0.15) is 8.42 Å². The molecule has 1 aromatic rings. The molecular weight excluding hydrogens is 302 g/mol. The number of sulfonamides is 1. The summed E-state index contributed by atoms with van der Waals surface area (Å²) in [6.07, 6.45) is 3.49. The molecule has 0 radical (unpaired) electrons. The predicted molar refractivity (Wildman–Crippen MR) is 83.8 cm³/mol. The molecule has 22 heavy (non-hydrogen) atoms. The topological polar surface area (TPSA) is 71.4 Å². The zero-order valence-corrected chi connectivity index (χ0v) is 13.8. The number of nitrogens with zero attached hydrogens (tertiary/aromatic N) is 1. The van der Waals surface area contributed by atoms with Crippen LogP contribution >= 0.6 is 0 Å². The van der Waals surface area contributed by atoms with E-state index in [1.165, 1.54) is 0 Å². The number of likely N-dealkylation sites (tertiary alicyclic amines) is 1. The average Bonchev–Trinajstić information content (AvgIpc) is 2.53. The lowest BCUT2D eigenvalue weighted by Crippen LogP contribution is -2.64. The van der Waals surface area contributed by atoms with Crippen LogP contribution < -0.4 is 0 Å². The fourth-order valence-electron chi connectivity index (χ4n) is 3.34. The minimum atomic E-state index is -3.73. The summed E-state index contributed by atoms with van der Waals surface area (Å²) in [5.41, 5.74) is 0. The Morgan fingerprint density at radius 1 is 1.27 bits per heavy atom. The molecule has 0 bridgehead atoms. The number of unbranched alkanes of at least 4 members (excludes halogenated alkanes) is 1. The van der Waals surface area contributed by atoms with Crippen LogP contribution in [0.15, 0.2) is 35.2 Å². The molecule has 0 saturated carbocycles. The third-order valence-electron chi connectivity index (χ3n) is 4.53. The molecule has 2 atom stereocenters. The number of benzene rings is 1. The van der Waals surface area contributed by atoms with E-state index in [4.69, 9.17) is 0 Å². The van der Waals surface area contributed by atoms with Gasteiger partial charge in [0.2, 0.25) is 6.04 Å². The number of aliphatic carboxylic acids is 1. The second-order valence-electron chi connectivity index (χ2n) is 5.89. The van der Waals surface area contributed by atoms with Crippen molar-refractivity contribution in [2.75, 3.05) is 13.1 Å². The SMILES string of the molecule is CCCC[N+]1(S(=O)(=O)c2ccccc2)CCCCC1C(=O)O. The Morgan fingerprint density at radius 3 is 2.55 bits per heavy atom. The summed E-state index contributed by atoms with van der Waals surface area (Å²) in [5.74, 6) is -1.00. The normalized spacial score (nSPS) is 25.8. The fraction of sp³-hybridized carbons (Fsp3) is 0.562. The van der Waals surface area contributed by atoms with E-state index in [0.29, 0.717) is 25.9 Å². The number of piperidine rings is 1. The van der Waals surface area contributed by atoms with Gasteiger partial charge in [-0.1, -0.05) is 31.5 Å². The van der Waals surface area contributed by atoms with E-state index in [1.54, 1.807) is 30.3 Å². The van der Waals surface area contributed by atoms with Crippen molar-refractivity contribution in [3.8, 4) is 0 Å². The number of carbonyl (C=O) groups is 1. The third kappa shape index (κ3) is 2.90. The molecule has 0 amide bonds. The molecule has 2 rings (SSSR count). The highest BCUT2D eigenvalue weighted by molar-refractivity contribution is 7.86. The number of hydrogen-bond donors (Lipinski definition) is 1. The number of carboxylic acids is 1. The minimum Gasteiger partial charge on any atom is -0.477 e. The van der Waals surface area contributed by atoms with Gasteiger partial charge >= 0.3 is 16.0 Å². The van der Waals surface area contributed by atoms with Crippen LogP contribution in [0.25, 0.3) is 0 Å². The van der Waals surface area contributed by atoms with Crippen molar-refractivity contribution in [2.45, 2.75) is 50.0 Å². The molecule has 1 aliphatic rings. The maximum absolute atomic E-state index is 13.2. The molecule has 1 heterocycles. The van der Waals surface area contributed by atoms with Gasteiger partial charge < -0.3 is 5.11 Å². The van der Waals surface area contributed by atoms with Gasteiger partial charge in [0.25, 0.3) is 0 Å². The summed E-state index contributed by atoms with van der Waals surface area (Å²) < 4.78 is 26.1. The molecule has 122 valence electrons. The predicted octanol–water partition coefficient (Wildman–Crippen LogP) is 2.63. The highest BCUT2D eigenvalue weighted by atomic mass is 32.2. The van der Waals surface area contributed by atoms with Gasteiger partial charge in [-0.15, -0.1) is 0 Å². The van der Waals surface area contributed by atoms with Crippen molar-refractivity contribution in [1.29, 1.82) is 0 Å². The molecule has 0 spiro atoms. The van der Waals surface area contributed by atoms with Gasteiger partial charge in [0.1, 0.15) is 4.90 Å². The summed E-state index contributed by atoms with van der Waals surface area (Å²) in [7, 11) is -3.73. The fourth-order valence-corrected chi connectivity index (χ4v) is 5.53. The van der Waals surface area contributed by atoms with Crippen molar-refractivity contribution in [3.05, 3.63) is 30.3 Å². The molecule has 1 aromatic carbocycles. The zero-order valence-electron chi connectivity index (χ0n) is 12.9. The molecule has 0 aromatic heterocycles. The number of rotatable bonds is 6. The van der Waals surface area contributed by atoms with E-state index >= 15 is 0 Å². The van der Waals surface area contributed by atoms with E-state index in [1.807, 2.05) is 6.92 Å². The first kappa shape index (κ1) is 17.0. The Bertz CT molecular complexity index is 614. The van der Waals surface area contributed by atoms with Gasteiger partial charge in [0, 0.05) is 6.42 Å². The Morgan fingerprint density at radius 2 is 1.95 bits per heavy atom. The van der Waals surface area contributed by atoms with Gasteiger partial charge in [0.15, 0.2) is 0 Å². The van der Waals surface area contributed by atoms with Crippen molar-refractivity contribution < 1.29 is 22.2 Å². The molecule has 1 saturated heterocycles. The summed E-state index contributed by atoms with van der Waals surface area (Å²) in [6.45, 7) is 2.74. The lowest BCUT2D eigenvalue weighted by Gasteiger charge is -2.43. The lowest BCUT2D eigenvalue weighted by molar-refractivity contribution is -0.830. The summed E-state index contributed by atoms with van der Waals surface area (Å²) in [4.78, 5) is 12.0. The number of carboxylic acid groups (broad SMARTS) is 1. The van der Waals surface area contributed by atoms with Gasteiger partial charge in [-0.3, -0.25) is 0 Å². The smallest absolute Gasteiger partial charge is 0.363 e. The van der Waals surface area contributed by atoms with E-state index < -0.39 is 22.0 Å². The minimum absolute atomic E-state index is 0.222. The second-order valence-corrected chi connectivity index (χ2v) is 8.04. The van der Waals surface area contributed by atoms with E-state index in [0.717, 1.165) is 19.3 Å². The van der Waals surface area contributed by atoms with Crippen LogP contribution in [-0.2, 0) is 14.8 Å². The Hall–Kier alpha value is -1.40. The van der Waals surface area contributed by atoms with Crippen LogP contribution in [0.3, 0.4) is 0 Å².